The Morgan fingerprint density at radius 3 is 2.75 bits per heavy atom. The van der Waals surface area contributed by atoms with E-state index in [1.54, 1.807) is 11.3 Å². The molecular weight excluding hydrogens is 359 g/mol. The van der Waals surface area contributed by atoms with Gasteiger partial charge in [0.2, 0.25) is 0 Å². The Balaban J connectivity index is 1.49. The number of halogens is 2. The second-order valence-electron chi connectivity index (χ2n) is 5.98. The van der Waals surface area contributed by atoms with Gasteiger partial charge >= 0.3 is 0 Å². The highest BCUT2D eigenvalue weighted by Crippen LogP contribution is 2.32. The summed E-state index contributed by atoms with van der Waals surface area (Å²) in [6, 6.07) is 14.0. The first kappa shape index (κ1) is 16.1. The van der Waals surface area contributed by atoms with Crippen LogP contribution in [0.4, 0.5) is 0 Å². The van der Waals surface area contributed by atoms with E-state index in [2.05, 4.69) is 17.0 Å². The maximum Gasteiger partial charge on any atom is 0.120 e. The Hall–Kier alpha value is -1.39. The van der Waals surface area contributed by atoms with Gasteiger partial charge in [-0.05, 0) is 47.9 Å². The largest absolute Gasteiger partial charge is 0.295 e. The average Bonchev–Trinajstić information content (AvgIpc) is 2.98. The molecule has 0 atom stereocenters. The molecule has 0 N–H and O–H groups in total. The molecule has 0 spiro atoms. The Morgan fingerprint density at radius 1 is 1.08 bits per heavy atom. The van der Waals surface area contributed by atoms with E-state index in [4.69, 9.17) is 28.2 Å². The fraction of sp³-hybridized carbons (Fsp3) is 0.211. The van der Waals surface area contributed by atoms with Gasteiger partial charge in [-0.1, -0.05) is 41.4 Å². The molecule has 3 aromatic rings. The maximum atomic E-state index is 6.07. The zero-order valence-corrected chi connectivity index (χ0v) is 15.3. The standard InChI is InChI=1S/C19H16Cl2N2S/c20-15-3-1-2-13(10-15)12-23-8-6-14(7-9-23)19-22-17-11-16(21)4-5-18(17)24-19/h1-6,10-11H,7-9,12H2. The lowest BCUT2D eigenvalue weighted by molar-refractivity contribution is 0.294. The van der Waals surface area contributed by atoms with Crippen LogP contribution in [0.2, 0.25) is 10.0 Å². The molecule has 2 aromatic carbocycles. The topological polar surface area (TPSA) is 16.1 Å². The van der Waals surface area contributed by atoms with Crippen molar-refractivity contribution in [3.8, 4) is 0 Å². The van der Waals surface area contributed by atoms with Crippen LogP contribution in [0.3, 0.4) is 0 Å². The van der Waals surface area contributed by atoms with E-state index in [0.29, 0.717) is 0 Å². The first-order chi connectivity index (χ1) is 11.7. The average molecular weight is 375 g/mol. The number of hydrogen-bond acceptors (Lipinski definition) is 3. The first-order valence-electron chi connectivity index (χ1n) is 7.90. The molecule has 0 saturated heterocycles. The van der Waals surface area contributed by atoms with Crippen LogP contribution in [0.1, 0.15) is 17.0 Å². The Kier molecular flexibility index (Phi) is 4.59. The van der Waals surface area contributed by atoms with Gasteiger partial charge < -0.3 is 0 Å². The van der Waals surface area contributed by atoms with Crippen molar-refractivity contribution in [2.45, 2.75) is 13.0 Å². The summed E-state index contributed by atoms with van der Waals surface area (Å²) in [5, 5.41) is 2.66. The summed E-state index contributed by atoms with van der Waals surface area (Å²) in [5.74, 6) is 0. The minimum atomic E-state index is 0.740. The molecule has 0 amide bonds. The zero-order chi connectivity index (χ0) is 16.5. The lowest BCUT2D eigenvalue weighted by Gasteiger charge is -2.25. The van der Waals surface area contributed by atoms with Gasteiger partial charge in [-0.15, -0.1) is 11.3 Å². The van der Waals surface area contributed by atoms with Crippen LogP contribution >= 0.6 is 34.5 Å². The van der Waals surface area contributed by atoms with Gasteiger partial charge in [-0.25, -0.2) is 4.98 Å². The number of nitrogens with zero attached hydrogens (tertiary/aromatic N) is 2. The summed E-state index contributed by atoms with van der Waals surface area (Å²) in [6.07, 6.45) is 3.32. The van der Waals surface area contributed by atoms with E-state index in [-0.39, 0.29) is 0 Å². The quantitative estimate of drug-likeness (QED) is 0.567. The van der Waals surface area contributed by atoms with Crippen molar-refractivity contribution in [1.82, 2.24) is 9.88 Å². The number of aromatic nitrogens is 1. The Morgan fingerprint density at radius 2 is 1.96 bits per heavy atom. The van der Waals surface area contributed by atoms with Crippen LogP contribution in [0, 0.1) is 0 Å². The number of fused-ring (bicyclic) bond motifs is 1. The van der Waals surface area contributed by atoms with E-state index < -0.39 is 0 Å². The van der Waals surface area contributed by atoms with Crippen LogP contribution < -0.4 is 0 Å². The van der Waals surface area contributed by atoms with Crippen LogP contribution in [0.25, 0.3) is 15.8 Å². The monoisotopic (exact) mass is 374 g/mol. The van der Waals surface area contributed by atoms with Gasteiger partial charge in [-0.2, -0.15) is 0 Å². The van der Waals surface area contributed by atoms with E-state index in [9.17, 15) is 0 Å². The number of thiazole rings is 1. The molecule has 2 heterocycles. The molecule has 0 saturated carbocycles. The molecule has 122 valence electrons. The number of benzene rings is 2. The van der Waals surface area contributed by atoms with E-state index in [0.717, 1.165) is 46.6 Å². The SMILES string of the molecule is Clc1cccc(CN2CC=C(c3nc4cc(Cl)ccc4s3)CC2)c1. The molecule has 0 radical (unpaired) electrons. The molecule has 1 aromatic heterocycles. The third kappa shape index (κ3) is 3.50. The van der Waals surface area contributed by atoms with Crippen molar-refractivity contribution in [3.05, 3.63) is 69.2 Å². The zero-order valence-electron chi connectivity index (χ0n) is 13.0. The third-order valence-electron chi connectivity index (χ3n) is 4.21. The molecule has 0 unspecified atom stereocenters. The maximum absolute atomic E-state index is 6.07. The van der Waals surface area contributed by atoms with Gasteiger partial charge in [0.25, 0.3) is 0 Å². The summed E-state index contributed by atoms with van der Waals surface area (Å²) in [7, 11) is 0. The number of hydrogen-bond donors (Lipinski definition) is 0. The first-order valence-corrected chi connectivity index (χ1v) is 9.47. The summed E-state index contributed by atoms with van der Waals surface area (Å²) in [6.45, 7) is 2.91. The second kappa shape index (κ2) is 6.85. The van der Waals surface area contributed by atoms with Crippen LogP contribution in [-0.4, -0.2) is 23.0 Å². The molecule has 1 aliphatic rings. The van der Waals surface area contributed by atoms with Gasteiger partial charge in [0.1, 0.15) is 5.01 Å². The van der Waals surface area contributed by atoms with Crippen molar-refractivity contribution in [1.29, 1.82) is 0 Å². The highest BCUT2D eigenvalue weighted by Gasteiger charge is 2.16. The summed E-state index contributed by atoms with van der Waals surface area (Å²) in [4.78, 5) is 7.18. The van der Waals surface area contributed by atoms with Crippen molar-refractivity contribution in [3.63, 3.8) is 0 Å². The Bertz CT molecular complexity index is 917. The predicted octanol–water partition coefficient (Wildman–Crippen LogP) is 5.89. The third-order valence-corrected chi connectivity index (χ3v) is 5.79. The number of rotatable bonds is 3. The van der Waals surface area contributed by atoms with Crippen molar-refractivity contribution < 1.29 is 0 Å². The molecule has 4 rings (SSSR count). The lowest BCUT2D eigenvalue weighted by atomic mass is 10.1. The Labute approximate surface area is 155 Å². The highest BCUT2D eigenvalue weighted by atomic mass is 35.5. The molecule has 1 aliphatic heterocycles. The van der Waals surface area contributed by atoms with Crippen LogP contribution in [-0.2, 0) is 6.54 Å². The summed E-state index contributed by atoms with van der Waals surface area (Å²) >= 11 is 13.9. The van der Waals surface area contributed by atoms with E-state index in [1.165, 1.54) is 15.8 Å². The molecule has 0 aliphatic carbocycles. The highest BCUT2D eigenvalue weighted by molar-refractivity contribution is 7.19. The smallest absolute Gasteiger partial charge is 0.120 e. The minimum absolute atomic E-state index is 0.740. The molecule has 5 heteroatoms. The fourth-order valence-electron chi connectivity index (χ4n) is 2.98. The molecule has 2 nitrogen and oxygen atoms in total. The predicted molar refractivity (Wildman–Crippen MR) is 104 cm³/mol. The van der Waals surface area contributed by atoms with Gasteiger partial charge in [-0.3, -0.25) is 4.90 Å². The van der Waals surface area contributed by atoms with Crippen LogP contribution in [0.15, 0.2) is 48.5 Å². The van der Waals surface area contributed by atoms with E-state index >= 15 is 0 Å². The van der Waals surface area contributed by atoms with Crippen LogP contribution in [0.5, 0.6) is 0 Å². The molecular formula is C19H16Cl2N2S. The normalized spacial score (nSPS) is 15.7. The minimum Gasteiger partial charge on any atom is -0.295 e. The molecule has 24 heavy (non-hydrogen) atoms. The fourth-order valence-corrected chi connectivity index (χ4v) is 4.37. The van der Waals surface area contributed by atoms with Gasteiger partial charge in [0.05, 0.1) is 10.2 Å². The van der Waals surface area contributed by atoms with Gasteiger partial charge in [0.15, 0.2) is 0 Å². The van der Waals surface area contributed by atoms with Crippen molar-refractivity contribution >= 4 is 50.3 Å². The summed E-state index contributed by atoms with van der Waals surface area (Å²) < 4.78 is 1.19. The van der Waals surface area contributed by atoms with E-state index in [1.807, 2.05) is 36.4 Å². The second-order valence-corrected chi connectivity index (χ2v) is 7.88. The molecule has 0 fully saturated rings. The molecule has 0 bridgehead atoms. The van der Waals surface area contributed by atoms with Crippen molar-refractivity contribution in [2.24, 2.45) is 0 Å². The van der Waals surface area contributed by atoms with Crippen molar-refractivity contribution in [2.75, 3.05) is 13.1 Å². The summed E-state index contributed by atoms with van der Waals surface area (Å²) in [5.41, 5.74) is 3.59. The lowest BCUT2D eigenvalue weighted by Crippen LogP contribution is -2.27. The van der Waals surface area contributed by atoms with Gasteiger partial charge in [0, 0.05) is 29.7 Å².